The molecule has 1 atom stereocenters. The lowest BCUT2D eigenvalue weighted by molar-refractivity contribution is -0.116. The molecule has 1 saturated carbocycles. The van der Waals surface area contributed by atoms with E-state index in [0.717, 1.165) is 30.8 Å². The maximum absolute atomic E-state index is 12.1. The summed E-state index contributed by atoms with van der Waals surface area (Å²) in [5.74, 6) is 2.35. The van der Waals surface area contributed by atoms with Crippen LogP contribution in [0.3, 0.4) is 0 Å². The summed E-state index contributed by atoms with van der Waals surface area (Å²) in [6.07, 6.45) is 9.29. The zero-order valence-corrected chi connectivity index (χ0v) is 13.5. The quantitative estimate of drug-likeness (QED) is 0.792. The van der Waals surface area contributed by atoms with Crippen LogP contribution in [-0.2, 0) is 11.2 Å². The van der Waals surface area contributed by atoms with E-state index in [1.165, 1.54) is 30.5 Å². The molecule has 0 bridgehead atoms. The zero-order chi connectivity index (χ0) is 15.8. The van der Waals surface area contributed by atoms with Crippen LogP contribution in [0.1, 0.15) is 80.1 Å². The Morgan fingerprint density at radius 3 is 2.96 bits per heavy atom. The molecule has 0 radical (unpaired) electrons. The predicted octanol–water partition coefficient (Wildman–Crippen LogP) is 3.22. The lowest BCUT2D eigenvalue weighted by Crippen LogP contribution is -2.25. The van der Waals surface area contributed by atoms with E-state index in [2.05, 4.69) is 32.4 Å². The molecule has 1 amide bonds. The molecular weight excluding hydrogens is 290 g/mol. The first-order valence-corrected chi connectivity index (χ1v) is 8.68. The standard InChI is InChI=1S/C17H23N5O/c1-2-3-7-13-18-9-12(19-13)11-8-14(23)20-17-15(11)16(21-22-17)10-5-4-6-10/h9-11H,2-8H2,1H3,(H,18,19)(H2,20,21,22,23)/t11-/m0/s1. The van der Waals surface area contributed by atoms with Gasteiger partial charge in [0, 0.05) is 47.8 Å². The molecule has 0 spiro atoms. The van der Waals surface area contributed by atoms with Crippen molar-refractivity contribution in [1.82, 2.24) is 20.2 Å². The smallest absolute Gasteiger partial charge is 0.226 e. The third kappa shape index (κ3) is 2.56. The molecule has 2 aliphatic rings. The van der Waals surface area contributed by atoms with Gasteiger partial charge in [-0.1, -0.05) is 19.8 Å². The van der Waals surface area contributed by atoms with E-state index in [1.54, 1.807) is 0 Å². The Morgan fingerprint density at radius 2 is 2.22 bits per heavy atom. The number of imidazole rings is 1. The summed E-state index contributed by atoms with van der Waals surface area (Å²) in [4.78, 5) is 20.0. The Morgan fingerprint density at radius 1 is 1.35 bits per heavy atom. The number of nitrogens with one attached hydrogen (secondary N) is 3. The number of carbonyl (C=O) groups excluding carboxylic acids is 1. The van der Waals surface area contributed by atoms with Gasteiger partial charge in [-0.3, -0.25) is 9.89 Å². The lowest BCUT2D eigenvalue weighted by atomic mass is 9.78. The van der Waals surface area contributed by atoms with Crippen molar-refractivity contribution in [3.8, 4) is 0 Å². The first-order chi connectivity index (χ1) is 11.3. The molecule has 6 nitrogen and oxygen atoms in total. The maximum Gasteiger partial charge on any atom is 0.226 e. The number of hydrogen-bond acceptors (Lipinski definition) is 3. The highest BCUT2D eigenvalue weighted by atomic mass is 16.1. The second-order valence-electron chi connectivity index (χ2n) is 6.72. The van der Waals surface area contributed by atoms with Crippen LogP contribution < -0.4 is 5.32 Å². The number of anilines is 1. The molecule has 2 aromatic heterocycles. The van der Waals surface area contributed by atoms with Crippen LogP contribution in [0.2, 0.25) is 0 Å². The average Bonchev–Trinajstić information content (AvgIpc) is 3.10. The predicted molar refractivity (Wildman–Crippen MR) is 87.5 cm³/mol. The van der Waals surface area contributed by atoms with Crippen molar-refractivity contribution >= 4 is 11.7 Å². The molecule has 1 fully saturated rings. The second-order valence-corrected chi connectivity index (χ2v) is 6.72. The van der Waals surface area contributed by atoms with Crippen molar-refractivity contribution in [3.05, 3.63) is 29.0 Å². The van der Waals surface area contributed by atoms with Crippen LogP contribution in [0.4, 0.5) is 5.82 Å². The van der Waals surface area contributed by atoms with Gasteiger partial charge in [-0.05, 0) is 19.3 Å². The van der Waals surface area contributed by atoms with Crippen LogP contribution in [0, 0.1) is 0 Å². The van der Waals surface area contributed by atoms with Gasteiger partial charge >= 0.3 is 0 Å². The number of aromatic amines is 2. The van der Waals surface area contributed by atoms with Crippen molar-refractivity contribution in [2.45, 2.75) is 63.7 Å². The van der Waals surface area contributed by atoms with Gasteiger partial charge in [0.15, 0.2) is 5.82 Å². The van der Waals surface area contributed by atoms with Crippen LogP contribution in [0.15, 0.2) is 6.20 Å². The zero-order valence-electron chi connectivity index (χ0n) is 13.5. The van der Waals surface area contributed by atoms with E-state index >= 15 is 0 Å². The average molecular weight is 313 g/mol. The van der Waals surface area contributed by atoms with Crippen molar-refractivity contribution < 1.29 is 4.79 Å². The Hall–Kier alpha value is -2.11. The first kappa shape index (κ1) is 14.5. The van der Waals surface area contributed by atoms with E-state index in [9.17, 15) is 4.79 Å². The molecule has 0 unspecified atom stereocenters. The number of aryl methyl sites for hydroxylation is 1. The van der Waals surface area contributed by atoms with Crippen molar-refractivity contribution in [2.24, 2.45) is 0 Å². The van der Waals surface area contributed by atoms with Crippen LogP contribution >= 0.6 is 0 Å². The van der Waals surface area contributed by atoms with Gasteiger partial charge in [-0.15, -0.1) is 0 Å². The molecule has 23 heavy (non-hydrogen) atoms. The fraction of sp³-hybridized carbons (Fsp3) is 0.588. The summed E-state index contributed by atoms with van der Waals surface area (Å²) in [6, 6.07) is 0. The number of carbonyl (C=O) groups is 1. The molecule has 0 aromatic carbocycles. The minimum Gasteiger partial charge on any atom is -0.345 e. The fourth-order valence-electron chi connectivity index (χ4n) is 3.58. The third-order valence-corrected chi connectivity index (χ3v) is 5.13. The van der Waals surface area contributed by atoms with Crippen LogP contribution in [0.25, 0.3) is 0 Å². The molecular formula is C17H23N5O. The normalized spacial score (nSPS) is 20.9. The SMILES string of the molecule is CCCCc1ncc([C@@H]2CC(=O)Nc3n[nH]c(C4CCC4)c32)[nH]1. The summed E-state index contributed by atoms with van der Waals surface area (Å²) in [5, 5.41) is 10.4. The number of fused-ring (bicyclic) bond motifs is 1. The molecule has 3 N–H and O–H groups in total. The minimum absolute atomic E-state index is 0.0267. The Labute approximate surface area is 135 Å². The number of hydrogen-bond donors (Lipinski definition) is 3. The number of nitrogens with zero attached hydrogens (tertiary/aromatic N) is 2. The number of rotatable bonds is 5. The first-order valence-electron chi connectivity index (χ1n) is 8.68. The van der Waals surface area contributed by atoms with E-state index in [4.69, 9.17) is 0 Å². The van der Waals surface area contributed by atoms with Gasteiger partial charge in [0.05, 0.1) is 0 Å². The molecule has 6 heteroatoms. The van der Waals surface area contributed by atoms with Gasteiger partial charge in [0.2, 0.25) is 5.91 Å². The highest BCUT2D eigenvalue weighted by Crippen LogP contribution is 2.45. The van der Waals surface area contributed by atoms with Crippen molar-refractivity contribution in [1.29, 1.82) is 0 Å². The number of unbranched alkanes of at least 4 members (excludes halogenated alkanes) is 1. The molecule has 4 rings (SSSR count). The summed E-state index contributed by atoms with van der Waals surface area (Å²) in [6.45, 7) is 2.18. The third-order valence-electron chi connectivity index (χ3n) is 5.13. The Kier molecular flexibility index (Phi) is 3.67. The monoisotopic (exact) mass is 313 g/mol. The number of amides is 1. The van der Waals surface area contributed by atoms with E-state index in [-0.39, 0.29) is 11.8 Å². The summed E-state index contributed by atoms with van der Waals surface area (Å²) >= 11 is 0. The molecule has 1 aliphatic heterocycles. The van der Waals surface area contributed by atoms with Gasteiger partial charge < -0.3 is 10.3 Å². The molecule has 0 saturated heterocycles. The van der Waals surface area contributed by atoms with Crippen LogP contribution in [0.5, 0.6) is 0 Å². The lowest BCUT2D eigenvalue weighted by Gasteiger charge is -2.28. The van der Waals surface area contributed by atoms with E-state index in [1.807, 2.05) is 6.20 Å². The molecule has 122 valence electrons. The number of H-pyrrole nitrogens is 2. The van der Waals surface area contributed by atoms with Gasteiger partial charge in [-0.25, -0.2) is 4.98 Å². The topological polar surface area (TPSA) is 86.5 Å². The fourth-order valence-corrected chi connectivity index (χ4v) is 3.58. The van der Waals surface area contributed by atoms with Gasteiger partial charge in [0.1, 0.15) is 5.82 Å². The molecule has 3 heterocycles. The maximum atomic E-state index is 12.1. The second kappa shape index (κ2) is 5.83. The minimum atomic E-state index is 0.0267. The van der Waals surface area contributed by atoms with Gasteiger partial charge in [0.25, 0.3) is 0 Å². The number of aromatic nitrogens is 4. The Balaban J connectivity index is 1.67. The highest BCUT2D eigenvalue weighted by molar-refractivity contribution is 5.94. The van der Waals surface area contributed by atoms with Gasteiger partial charge in [-0.2, -0.15) is 5.10 Å². The van der Waals surface area contributed by atoms with Crippen molar-refractivity contribution in [3.63, 3.8) is 0 Å². The molecule has 1 aliphatic carbocycles. The Bertz CT molecular complexity index is 712. The summed E-state index contributed by atoms with van der Waals surface area (Å²) < 4.78 is 0. The summed E-state index contributed by atoms with van der Waals surface area (Å²) in [5.41, 5.74) is 3.41. The van der Waals surface area contributed by atoms with E-state index < -0.39 is 0 Å². The van der Waals surface area contributed by atoms with Crippen molar-refractivity contribution in [2.75, 3.05) is 5.32 Å². The largest absolute Gasteiger partial charge is 0.345 e. The van der Waals surface area contributed by atoms with E-state index in [0.29, 0.717) is 18.2 Å². The highest BCUT2D eigenvalue weighted by Gasteiger charge is 2.36. The summed E-state index contributed by atoms with van der Waals surface area (Å²) in [7, 11) is 0. The molecule has 2 aromatic rings. The van der Waals surface area contributed by atoms with Crippen LogP contribution in [-0.4, -0.2) is 26.1 Å².